The molecule has 102 valence electrons. The molecule has 1 amide bonds. The predicted molar refractivity (Wildman–Crippen MR) is 72.3 cm³/mol. The van der Waals surface area contributed by atoms with E-state index in [4.69, 9.17) is 17.3 Å². The van der Waals surface area contributed by atoms with E-state index in [0.29, 0.717) is 13.1 Å². The highest BCUT2D eigenvalue weighted by Crippen LogP contribution is 2.31. The van der Waals surface area contributed by atoms with Crippen LogP contribution < -0.4 is 5.73 Å². The second-order valence-electron chi connectivity index (χ2n) is 4.50. The molecule has 19 heavy (non-hydrogen) atoms. The maximum atomic E-state index is 12.2. The fourth-order valence-corrected chi connectivity index (χ4v) is 2.37. The van der Waals surface area contributed by atoms with Gasteiger partial charge in [0.1, 0.15) is 5.69 Å². The molecule has 6 nitrogen and oxygen atoms in total. The number of piperidine rings is 1. The number of carbonyl (C=O) groups excluding carboxylic acids is 1. The quantitative estimate of drug-likeness (QED) is 0.513. The van der Waals surface area contributed by atoms with Crippen LogP contribution in [0.3, 0.4) is 0 Å². The number of hydrogen-bond acceptors (Lipinski definition) is 4. The Hall–Kier alpha value is -1.82. The molecule has 2 rings (SSSR count). The number of nitro benzene ring substituents is 1. The Morgan fingerprint density at radius 3 is 2.53 bits per heavy atom. The van der Waals surface area contributed by atoms with E-state index >= 15 is 0 Å². The molecule has 0 saturated carbocycles. The molecule has 1 aromatic rings. The number of halogens is 1. The van der Waals surface area contributed by atoms with Gasteiger partial charge in [-0.25, -0.2) is 0 Å². The smallest absolute Gasteiger partial charge is 0.294 e. The number of anilines is 1. The van der Waals surface area contributed by atoms with Gasteiger partial charge >= 0.3 is 0 Å². The van der Waals surface area contributed by atoms with E-state index < -0.39 is 4.92 Å². The number of amides is 1. The molecular formula is C12H14ClN3O3. The highest BCUT2D eigenvalue weighted by Gasteiger charge is 2.23. The maximum absolute atomic E-state index is 12.2. The van der Waals surface area contributed by atoms with E-state index in [1.54, 1.807) is 4.90 Å². The summed E-state index contributed by atoms with van der Waals surface area (Å²) in [4.78, 5) is 24.2. The highest BCUT2D eigenvalue weighted by molar-refractivity contribution is 6.34. The molecular weight excluding hydrogens is 270 g/mol. The van der Waals surface area contributed by atoms with Crippen LogP contribution in [0.1, 0.15) is 29.6 Å². The normalized spacial score (nSPS) is 15.3. The van der Waals surface area contributed by atoms with E-state index in [9.17, 15) is 14.9 Å². The Balaban J connectivity index is 2.34. The molecule has 1 fully saturated rings. The lowest BCUT2D eigenvalue weighted by Crippen LogP contribution is -2.35. The number of nitro groups is 1. The third-order valence-corrected chi connectivity index (χ3v) is 3.51. The number of likely N-dealkylation sites (tertiary alicyclic amines) is 1. The average molecular weight is 284 g/mol. The number of carbonyl (C=O) groups is 1. The summed E-state index contributed by atoms with van der Waals surface area (Å²) >= 11 is 5.85. The van der Waals surface area contributed by atoms with Crippen LogP contribution in [-0.2, 0) is 0 Å². The molecule has 7 heteroatoms. The summed E-state index contributed by atoms with van der Waals surface area (Å²) in [6.45, 7) is 1.35. The molecule has 0 atom stereocenters. The first-order valence-corrected chi connectivity index (χ1v) is 6.41. The minimum Gasteiger partial charge on any atom is -0.392 e. The van der Waals surface area contributed by atoms with Gasteiger partial charge < -0.3 is 10.6 Å². The fraction of sp³-hybridized carbons (Fsp3) is 0.417. The molecule has 0 radical (unpaired) electrons. The Kier molecular flexibility index (Phi) is 3.90. The van der Waals surface area contributed by atoms with E-state index in [1.165, 1.54) is 12.1 Å². The summed E-state index contributed by atoms with van der Waals surface area (Å²) in [5.74, 6) is -0.232. The van der Waals surface area contributed by atoms with Gasteiger partial charge in [0.15, 0.2) is 0 Å². The maximum Gasteiger partial charge on any atom is 0.294 e. The third kappa shape index (κ3) is 2.78. The van der Waals surface area contributed by atoms with Crippen LogP contribution in [0.2, 0.25) is 5.02 Å². The predicted octanol–water partition coefficient (Wildman–Crippen LogP) is 2.46. The van der Waals surface area contributed by atoms with Gasteiger partial charge in [-0.2, -0.15) is 0 Å². The third-order valence-electron chi connectivity index (χ3n) is 3.19. The summed E-state index contributed by atoms with van der Waals surface area (Å²) in [6, 6.07) is 2.58. The van der Waals surface area contributed by atoms with E-state index in [2.05, 4.69) is 0 Å². The van der Waals surface area contributed by atoms with Crippen molar-refractivity contribution in [1.82, 2.24) is 4.90 Å². The van der Waals surface area contributed by atoms with Gasteiger partial charge in [0.05, 0.1) is 9.95 Å². The van der Waals surface area contributed by atoms with Crippen LogP contribution in [0.4, 0.5) is 11.4 Å². The molecule has 0 spiro atoms. The number of rotatable bonds is 2. The molecule has 1 aromatic carbocycles. The second kappa shape index (κ2) is 5.44. The first-order chi connectivity index (χ1) is 9.00. The number of nitrogens with zero attached hydrogens (tertiary/aromatic N) is 2. The molecule has 0 bridgehead atoms. The molecule has 1 aliphatic heterocycles. The van der Waals surface area contributed by atoms with Crippen LogP contribution in [-0.4, -0.2) is 28.8 Å². The van der Waals surface area contributed by atoms with Crippen molar-refractivity contribution in [2.45, 2.75) is 19.3 Å². The van der Waals surface area contributed by atoms with Crippen molar-refractivity contribution in [2.24, 2.45) is 0 Å². The van der Waals surface area contributed by atoms with E-state index in [1.807, 2.05) is 0 Å². The van der Waals surface area contributed by atoms with Crippen molar-refractivity contribution in [1.29, 1.82) is 0 Å². The topological polar surface area (TPSA) is 89.5 Å². The number of benzene rings is 1. The lowest BCUT2D eigenvalue weighted by molar-refractivity contribution is -0.383. The zero-order valence-electron chi connectivity index (χ0n) is 10.3. The number of hydrogen-bond donors (Lipinski definition) is 1. The van der Waals surface area contributed by atoms with Gasteiger partial charge in [0.25, 0.3) is 11.6 Å². The first-order valence-electron chi connectivity index (χ1n) is 6.03. The van der Waals surface area contributed by atoms with Crippen LogP contribution in [0.15, 0.2) is 12.1 Å². The highest BCUT2D eigenvalue weighted by atomic mass is 35.5. The van der Waals surface area contributed by atoms with E-state index in [-0.39, 0.29) is 27.9 Å². The lowest BCUT2D eigenvalue weighted by Gasteiger charge is -2.26. The zero-order valence-corrected chi connectivity index (χ0v) is 11.0. The minimum atomic E-state index is -0.631. The van der Waals surface area contributed by atoms with Gasteiger partial charge in [0.2, 0.25) is 0 Å². The number of nitrogens with two attached hydrogens (primary N) is 1. The summed E-state index contributed by atoms with van der Waals surface area (Å²) in [6.07, 6.45) is 3.01. The van der Waals surface area contributed by atoms with Gasteiger partial charge in [-0.15, -0.1) is 0 Å². The minimum absolute atomic E-state index is 0.0366. The Morgan fingerprint density at radius 2 is 1.95 bits per heavy atom. The van der Waals surface area contributed by atoms with Crippen LogP contribution in [0, 0.1) is 10.1 Å². The Labute approximate surface area is 115 Å². The number of nitrogen functional groups attached to an aromatic ring is 1. The monoisotopic (exact) mass is 283 g/mol. The fourth-order valence-electron chi connectivity index (χ4n) is 2.16. The summed E-state index contributed by atoms with van der Waals surface area (Å²) < 4.78 is 0. The molecule has 0 aliphatic carbocycles. The van der Waals surface area contributed by atoms with Crippen LogP contribution >= 0.6 is 11.6 Å². The molecule has 1 aliphatic rings. The Morgan fingerprint density at radius 1 is 1.32 bits per heavy atom. The van der Waals surface area contributed by atoms with Crippen LogP contribution in [0.25, 0.3) is 0 Å². The van der Waals surface area contributed by atoms with Gasteiger partial charge in [-0.05, 0) is 25.3 Å². The first kappa shape index (κ1) is 13.6. The van der Waals surface area contributed by atoms with Crippen molar-refractivity contribution in [3.63, 3.8) is 0 Å². The van der Waals surface area contributed by atoms with Crippen molar-refractivity contribution < 1.29 is 9.72 Å². The zero-order chi connectivity index (χ0) is 14.0. The second-order valence-corrected chi connectivity index (χ2v) is 4.91. The Bertz CT molecular complexity index is 527. The SMILES string of the molecule is Nc1c(Cl)cc(C(=O)N2CCCCC2)cc1[N+](=O)[O-]. The average Bonchev–Trinajstić information content (AvgIpc) is 2.41. The van der Waals surface area contributed by atoms with Crippen LogP contribution in [0.5, 0.6) is 0 Å². The largest absolute Gasteiger partial charge is 0.392 e. The van der Waals surface area contributed by atoms with Crippen molar-refractivity contribution in [2.75, 3.05) is 18.8 Å². The lowest BCUT2D eigenvalue weighted by atomic mass is 10.1. The van der Waals surface area contributed by atoms with Crippen molar-refractivity contribution >= 4 is 28.9 Å². The molecule has 1 heterocycles. The summed E-state index contributed by atoms with van der Waals surface area (Å²) in [7, 11) is 0. The molecule has 0 unspecified atom stereocenters. The molecule has 1 saturated heterocycles. The van der Waals surface area contributed by atoms with Gasteiger partial charge in [-0.3, -0.25) is 14.9 Å². The standard InChI is InChI=1S/C12H14ClN3O3/c13-9-6-8(7-10(11(9)14)16(18)19)12(17)15-4-2-1-3-5-15/h6-7H,1-5,14H2. The van der Waals surface area contributed by atoms with Crippen molar-refractivity contribution in [3.05, 3.63) is 32.8 Å². The summed E-state index contributed by atoms with van der Waals surface area (Å²) in [5.41, 5.74) is 5.31. The van der Waals surface area contributed by atoms with Gasteiger partial charge in [-0.1, -0.05) is 11.6 Å². The van der Waals surface area contributed by atoms with Gasteiger partial charge in [0, 0.05) is 24.7 Å². The van der Waals surface area contributed by atoms with E-state index in [0.717, 1.165) is 19.3 Å². The summed E-state index contributed by atoms with van der Waals surface area (Å²) in [5, 5.41) is 10.9. The molecule has 2 N–H and O–H groups in total. The molecule has 0 aromatic heterocycles. The van der Waals surface area contributed by atoms with Crippen molar-refractivity contribution in [3.8, 4) is 0 Å².